The van der Waals surface area contributed by atoms with Crippen LogP contribution in [0.3, 0.4) is 0 Å². The van der Waals surface area contributed by atoms with Crippen LogP contribution in [0.25, 0.3) is 0 Å². The molecule has 0 heterocycles. The molecular weight excluding hydrogens is 288 g/mol. The lowest BCUT2D eigenvalue weighted by atomic mass is 9.73. The molecule has 0 aromatic heterocycles. The van der Waals surface area contributed by atoms with Crippen LogP contribution in [0.2, 0.25) is 0 Å². The smallest absolute Gasteiger partial charge is 0.0320 e. The average Bonchev–Trinajstić information content (AvgIpc) is 2.58. The van der Waals surface area contributed by atoms with Crippen molar-refractivity contribution in [3.8, 4) is 0 Å². The summed E-state index contributed by atoms with van der Waals surface area (Å²) in [6.07, 6.45) is 19.7. The molecule has 4 unspecified atom stereocenters. The summed E-state index contributed by atoms with van der Waals surface area (Å²) in [5.74, 6) is 3.84. The standard InChI is InChI=1S/C24H46/c1-6-8-12-20(3)15-16-21(4)17-18-22(5)19-24-14-10-9-13-23(24)11-7-2/h20,22-24H,4,6-19H2,1-3,5H3. The van der Waals surface area contributed by atoms with Gasteiger partial charge in [0.1, 0.15) is 0 Å². The molecule has 0 aliphatic heterocycles. The van der Waals surface area contributed by atoms with Gasteiger partial charge in [0.05, 0.1) is 0 Å². The van der Waals surface area contributed by atoms with Crippen LogP contribution >= 0.6 is 0 Å². The van der Waals surface area contributed by atoms with E-state index in [0.717, 1.165) is 23.7 Å². The highest BCUT2D eigenvalue weighted by atomic mass is 14.3. The Bertz CT molecular complexity index is 314. The van der Waals surface area contributed by atoms with Crippen molar-refractivity contribution in [1.29, 1.82) is 0 Å². The first-order chi connectivity index (χ1) is 11.6. The zero-order chi connectivity index (χ0) is 17.8. The summed E-state index contributed by atoms with van der Waals surface area (Å²) in [6.45, 7) is 13.9. The topological polar surface area (TPSA) is 0 Å². The van der Waals surface area contributed by atoms with E-state index in [1.165, 1.54) is 95.5 Å². The number of unbranched alkanes of at least 4 members (excludes halogenated alkanes) is 1. The molecule has 0 amide bonds. The van der Waals surface area contributed by atoms with E-state index >= 15 is 0 Å². The Morgan fingerprint density at radius 3 is 2.12 bits per heavy atom. The van der Waals surface area contributed by atoms with Crippen LogP contribution in [0.1, 0.15) is 118 Å². The largest absolute Gasteiger partial charge is 0.0999 e. The molecule has 0 aromatic carbocycles. The van der Waals surface area contributed by atoms with E-state index in [2.05, 4.69) is 34.3 Å². The maximum absolute atomic E-state index is 4.37. The van der Waals surface area contributed by atoms with Gasteiger partial charge in [0.15, 0.2) is 0 Å². The van der Waals surface area contributed by atoms with Gasteiger partial charge in [-0.15, -0.1) is 0 Å². The van der Waals surface area contributed by atoms with Crippen LogP contribution in [0.15, 0.2) is 12.2 Å². The Hall–Kier alpha value is -0.260. The highest BCUT2D eigenvalue weighted by molar-refractivity contribution is 4.94. The fourth-order valence-corrected chi connectivity index (χ4v) is 4.70. The molecule has 0 N–H and O–H groups in total. The predicted octanol–water partition coefficient (Wildman–Crippen LogP) is 8.56. The maximum Gasteiger partial charge on any atom is -0.0320 e. The second-order valence-corrected chi connectivity index (χ2v) is 9.01. The Morgan fingerprint density at radius 2 is 1.50 bits per heavy atom. The van der Waals surface area contributed by atoms with Gasteiger partial charge < -0.3 is 0 Å². The SMILES string of the molecule is C=C(CCC(C)CCCC)CCC(C)CC1CCCCC1CCC. The molecule has 1 saturated carbocycles. The lowest BCUT2D eigenvalue weighted by Gasteiger charge is -2.33. The predicted molar refractivity (Wildman–Crippen MR) is 110 cm³/mol. The van der Waals surface area contributed by atoms with Crippen molar-refractivity contribution in [2.24, 2.45) is 23.7 Å². The highest BCUT2D eigenvalue weighted by Gasteiger charge is 2.25. The molecule has 1 aliphatic rings. The van der Waals surface area contributed by atoms with Gasteiger partial charge in [-0.2, -0.15) is 0 Å². The number of allylic oxidation sites excluding steroid dienone is 1. The summed E-state index contributed by atoms with van der Waals surface area (Å²) in [5, 5.41) is 0. The van der Waals surface area contributed by atoms with E-state index in [1.807, 2.05) is 0 Å². The van der Waals surface area contributed by atoms with Gasteiger partial charge in [-0.1, -0.05) is 97.6 Å². The summed E-state index contributed by atoms with van der Waals surface area (Å²) in [7, 11) is 0. The molecule has 1 fully saturated rings. The average molecular weight is 335 g/mol. The molecule has 0 nitrogen and oxygen atoms in total. The molecule has 1 rings (SSSR count). The van der Waals surface area contributed by atoms with E-state index in [-0.39, 0.29) is 0 Å². The summed E-state index contributed by atoms with van der Waals surface area (Å²) in [5.41, 5.74) is 1.51. The van der Waals surface area contributed by atoms with Gasteiger partial charge in [-0.05, 0) is 55.8 Å². The van der Waals surface area contributed by atoms with Crippen molar-refractivity contribution in [2.75, 3.05) is 0 Å². The molecule has 0 spiro atoms. The normalized spacial score (nSPS) is 23.8. The molecule has 4 atom stereocenters. The summed E-state index contributed by atoms with van der Waals surface area (Å²) in [4.78, 5) is 0. The summed E-state index contributed by atoms with van der Waals surface area (Å²) >= 11 is 0. The lowest BCUT2D eigenvalue weighted by molar-refractivity contribution is 0.185. The number of rotatable bonds is 13. The molecule has 0 saturated heterocycles. The van der Waals surface area contributed by atoms with Crippen LogP contribution < -0.4 is 0 Å². The van der Waals surface area contributed by atoms with Gasteiger partial charge in [-0.25, -0.2) is 0 Å². The molecule has 24 heavy (non-hydrogen) atoms. The van der Waals surface area contributed by atoms with Crippen LogP contribution in [0.4, 0.5) is 0 Å². The van der Waals surface area contributed by atoms with E-state index in [0.29, 0.717) is 0 Å². The maximum atomic E-state index is 4.37. The third kappa shape index (κ3) is 9.28. The number of hydrogen-bond acceptors (Lipinski definition) is 0. The van der Waals surface area contributed by atoms with E-state index in [9.17, 15) is 0 Å². The Kier molecular flexibility index (Phi) is 11.8. The lowest BCUT2D eigenvalue weighted by Crippen LogP contribution is -2.21. The van der Waals surface area contributed by atoms with Crippen molar-refractivity contribution in [1.82, 2.24) is 0 Å². The van der Waals surface area contributed by atoms with Crippen LogP contribution in [0, 0.1) is 23.7 Å². The zero-order valence-corrected chi connectivity index (χ0v) is 17.4. The first-order valence-corrected chi connectivity index (χ1v) is 11.2. The fourth-order valence-electron chi connectivity index (χ4n) is 4.70. The van der Waals surface area contributed by atoms with Gasteiger partial charge in [0.25, 0.3) is 0 Å². The van der Waals surface area contributed by atoms with Gasteiger partial charge >= 0.3 is 0 Å². The van der Waals surface area contributed by atoms with Crippen molar-refractivity contribution in [2.45, 2.75) is 118 Å². The zero-order valence-electron chi connectivity index (χ0n) is 17.4. The van der Waals surface area contributed by atoms with Crippen LogP contribution in [-0.4, -0.2) is 0 Å². The molecule has 0 aromatic rings. The summed E-state index contributed by atoms with van der Waals surface area (Å²) in [6, 6.07) is 0. The second kappa shape index (κ2) is 13.0. The first kappa shape index (κ1) is 21.8. The van der Waals surface area contributed by atoms with Crippen molar-refractivity contribution < 1.29 is 0 Å². The van der Waals surface area contributed by atoms with Gasteiger partial charge in [0.2, 0.25) is 0 Å². The second-order valence-electron chi connectivity index (χ2n) is 9.01. The molecule has 1 aliphatic carbocycles. The van der Waals surface area contributed by atoms with E-state index in [1.54, 1.807) is 0 Å². The monoisotopic (exact) mass is 334 g/mol. The minimum absolute atomic E-state index is 0.885. The fraction of sp³-hybridized carbons (Fsp3) is 0.917. The molecule has 142 valence electrons. The molecule has 0 heteroatoms. The first-order valence-electron chi connectivity index (χ1n) is 11.2. The molecule has 0 radical (unpaired) electrons. The Balaban J connectivity index is 2.19. The Labute approximate surface area is 153 Å². The third-order valence-electron chi connectivity index (χ3n) is 6.46. The third-order valence-corrected chi connectivity index (χ3v) is 6.46. The van der Waals surface area contributed by atoms with Crippen molar-refractivity contribution >= 4 is 0 Å². The summed E-state index contributed by atoms with van der Waals surface area (Å²) < 4.78 is 0. The Morgan fingerprint density at radius 1 is 0.875 bits per heavy atom. The minimum atomic E-state index is 0.885. The molecular formula is C24H46. The molecule has 0 bridgehead atoms. The van der Waals surface area contributed by atoms with E-state index < -0.39 is 0 Å². The van der Waals surface area contributed by atoms with Crippen LogP contribution in [0.5, 0.6) is 0 Å². The number of hydrogen-bond donors (Lipinski definition) is 0. The highest BCUT2D eigenvalue weighted by Crippen LogP contribution is 2.38. The van der Waals surface area contributed by atoms with Gasteiger partial charge in [-0.3, -0.25) is 0 Å². The van der Waals surface area contributed by atoms with E-state index in [4.69, 9.17) is 0 Å². The quantitative estimate of drug-likeness (QED) is 0.296. The van der Waals surface area contributed by atoms with Crippen LogP contribution in [-0.2, 0) is 0 Å². The van der Waals surface area contributed by atoms with Gasteiger partial charge in [0, 0.05) is 0 Å². The van der Waals surface area contributed by atoms with Crippen molar-refractivity contribution in [3.05, 3.63) is 12.2 Å². The minimum Gasteiger partial charge on any atom is -0.0999 e. The van der Waals surface area contributed by atoms with Crippen molar-refractivity contribution in [3.63, 3.8) is 0 Å².